The molecule has 0 N–H and O–H groups in total. The Bertz CT molecular complexity index is 1240. The fraction of sp³-hybridized carbons (Fsp3) is 0.281. The summed E-state index contributed by atoms with van der Waals surface area (Å²) in [6.07, 6.45) is 8.20. The molecule has 0 spiro atoms. The Morgan fingerprint density at radius 3 is 1.77 bits per heavy atom. The Labute approximate surface area is 229 Å². The second kappa shape index (κ2) is 11.6. The van der Waals surface area contributed by atoms with Crippen molar-refractivity contribution in [2.24, 2.45) is 0 Å². The van der Waals surface area contributed by atoms with Crippen LogP contribution in [0.25, 0.3) is 11.1 Å². The first-order valence-electron chi connectivity index (χ1n) is 12.4. The summed E-state index contributed by atoms with van der Waals surface area (Å²) in [4.78, 5) is 0. The topological polar surface area (TPSA) is 0 Å². The fourth-order valence-electron chi connectivity index (χ4n) is 5.46. The first-order valence-corrected chi connectivity index (χ1v) is 14.8. The van der Waals surface area contributed by atoms with E-state index >= 15 is 0 Å². The van der Waals surface area contributed by atoms with Crippen LogP contribution in [0.1, 0.15) is 84.9 Å². The van der Waals surface area contributed by atoms with E-state index in [1.807, 2.05) is 0 Å². The third kappa shape index (κ3) is 5.23. The van der Waals surface area contributed by atoms with Gasteiger partial charge in [0.15, 0.2) is 0 Å². The van der Waals surface area contributed by atoms with Crippen LogP contribution in [0.15, 0.2) is 88.8 Å². The van der Waals surface area contributed by atoms with E-state index in [9.17, 15) is 0 Å². The molecule has 0 bridgehead atoms. The van der Waals surface area contributed by atoms with Crippen LogP contribution in [-0.4, -0.2) is 3.81 Å². The van der Waals surface area contributed by atoms with Crippen LogP contribution in [0, 0.1) is 0 Å². The Balaban J connectivity index is 0.00000171. The molecule has 0 unspecified atom stereocenters. The smallest absolute Gasteiger partial charge is 1.00 e. The van der Waals surface area contributed by atoms with Crippen LogP contribution < -0.4 is 24.8 Å². The zero-order valence-electron chi connectivity index (χ0n) is 21.3. The number of rotatable bonds is 5. The largest absolute Gasteiger partial charge is 1.00 e. The minimum atomic E-state index is -1.90. The fourth-order valence-corrected chi connectivity index (χ4v) is 10.9. The van der Waals surface area contributed by atoms with Crippen LogP contribution >= 0.6 is 0 Å². The van der Waals surface area contributed by atoms with Crippen molar-refractivity contribution in [3.63, 3.8) is 0 Å². The van der Waals surface area contributed by atoms with Gasteiger partial charge in [0.05, 0.1) is 0 Å². The van der Waals surface area contributed by atoms with E-state index in [1.54, 1.807) is 18.8 Å². The normalized spacial score (nSPS) is 14.3. The predicted molar refractivity (Wildman–Crippen MR) is 140 cm³/mol. The van der Waals surface area contributed by atoms with Gasteiger partial charge in [-0.2, -0.15) is 0 Å². The first kappa shape index (κ1) is 27.9. The van der Waals surface area contributed by atoms with E-state index in [2.05, 4.69) is 120 Å². The van der Waals surface area contributed by atoms with E-state index < -0.39 is 17.4 Å². The van der Waals surface area contributed by atoms with Crippen molar-refractivity contribution in [3.8, 4) is 11.1 Å². The predicted octanol–water partition coefficient (Wildman–Crippen LogP) is 2.71. The maximum Gasteiger partial charge on any atom is -1.00 e. The maximum absolute atomic E-state index is 2.55. The van der Waals surface area contributed by atoms with Crippen LogP contribution in [0.3, 0.4) is 0 Å². The number of halogens is 2. The molecule has 0 nitrogen and oxygen atoms in total. The van der Waals surface area contributed by atoms with Gasteiger partial charge in [-0.15, -0.1) is 0 Å². The SMILES string of the molecule is C/[C](c1ccccc1)=[Ti+2](/[C]1=CC=CC1)[CH]1c2cc(C(C)C)ccc2-c2ccc(C(C)C)cc21.[Cl-].[Cl-]. The van der Waals surface area contributed by atoms with Crippen LogP contribution in [-0.2, 0) is 17.4 Å². The first-order chi connectivity index (χ1) is 16.0. The summed E-state index contributed by atoms with van der Waals surface area (Å²) in [7, 11) is 0. The van der Waals surface area contributed by atoms with Gasteiger partial charge in [0, 0.05) is 0 Å². The number of hydrogen-bond acceptors (Lipinski definition) is 0. The molecule has 0 atom stereocenters. The van der Waals surface area contributed by atoms with Crippen molar-refractivity contribution in [1.82, 2.24) is 0 Å². The average molecular weight is 537 g/mol. The zero-order valence-corrected chi connectivity index (χ0v) is 24.4. The quantitative estimate of drug-likeness (QED) is 0.440. The molecule has 0 amide bonds. The minimum absolute atomic E-state index is 0. The summed E-state index contributed by atoms with van der Waals surface area (Å²) in [6, 6.07) is 25.8. The third-order valence-electron chi connectivity index (χ3n) is 7.41. The summed E-state index contributed by atoms with van der Waals surface area (Å²) < 4.78 is 3.85. The second-order valence-corrected chi connectivity index (χ2v) is 14.5. The average Bonchev–Trinajstić information content (AvgIpc) is 3.46. The van der Waals surface area contributed by atoms with Crippen molar-refractivity contribution in [2.45, 2.75) is 57.1 Å². The van der Waals surface area contributed by atoms with Gasteiger partial charge in [-0.25, -0.2) is 0 Å². The Morgan fingerprint density at radius 1 is 0.771 bits per heavy atom. The molecule has 5 rings (SSSR count). The molecule has 3 aromatic rings. The summed E-state index contributed by atoms with van der Waals surface area (Å²) in [5.74, 6) is 1.08. The van der Waals surface area contributed by atoms with Gasteiger partial charge in [0.2, 0.25) is 0 Å². The van der Waals surface area contributed by atoms with Crippen molar-refractivity contribution < 1.29 is 42.2 Å². The maximum atomic E-state index is 2.55. The molecule has 3 heteroatoms. The van der Waals surface area contributed by atoms with E-state index in [4.69, 9.17) is 0 Å². The molecule has 180 valence electrons. The minimum Gasteiger partial charge on any atom is -1.00 e. The van der Waals surface area contributed by atoms with Crippen LogP contribution in [0.5, 0.6) is 0 Å². The summed E-state index contributed by atoms with van der Waals surface area (Å²) in [5.41, 5.74) is 10.4. The van der Waals surface area contributed by atoms with Crippen LogP contribution in [0.2, 0.25) is 0 Å². The Hall–Kier alpha value is -1.70. The van der Waals surface area contributed by atoms with Gasteiger partial charge in [0.1, 0.15) is 0 Å². The van der Waals surface area contributed by atoms with Crippen molar-refractivity contribution in [3.05, 3.63) is 117 Å². The van der Waals surface area contributed by atoms with Gasteiger partial charge in [-0.1, -0.05) is 0 Å². The standard InChI is InChI=1S/C19H21.C8H8.C5H5.2ClH.Ti/c1-12(2)14-5-7-18-16(9-14)11-17-10-15(13(3)4)6-8-19(17)18;1-2-8-6-4-3-5-7-8;1-2-4-5-3-1;;;/h5-13H,1-4H3;3-7H,1H3;1-3H,4H2;2*1H;/q;;;;;+2/p-2. The molecule has 0 aliphatic heterocycles. The van der Waals surface area contributed by atoms with Gasteiger partial charge >= 0.3 is 206 Å². The molecule has 2 aliphatic carbocycles. The number of allylic oxidation sites excluding steroid dienone is 4. The number of fused-ring (bicyclic) bond motifs is 3. The summed E-state index contributed by atoms with van der Waals surface area (Å²) in [5, 5.41) is 0. The molecule has 2 aliphatic rings. The summed E-state index contributed by atoms with van der Waals surface area (Å²) >= 11 is -1.90. The molecule has 0 fully saturated rings. The van der Waals surface area contributed by atoms with Crippen molar-refractivity contribution in [2.75, 3.05) is 0 Å². The zero-order chi connectivity index (χ0) is 23.1. The Morgan fingerprint density at radius 2 is 1.31 bits per heavy atom. The molecule has 0 heterocycles. The number of benzene rings is 3. The van der Waals surface area contributed by atoms with E-state index in [0.29, 0.717) is 16.1 Å². The molecule has 0 radical (unpaired) electrons. The van der Waals surface area contributed by atoms with Crippen molar-refractivity contribution in [1.29, 1.82) is 0 Å². The van der Waals surface area contributed by atoms with Gasteiger partial charge in [-0.05, 0) is 0 Å². The molecule has 3 aromatic carbocycles. The van der Waals surface area contributed by atoms with Gasteiger partial charge in [0.25, 0.3) is 0 Å². The summed E-state index contributed by atoms with van der Waals surface area (Å²) in [6.45, 7) is 11.7. The third-order valence-corrected chi connectivity index (χ3v) is 12.7. The molecule has 35 heavy (non-hydrogen) atoms. The van der Waals surface area contributed by atoms with Crippen LogP contribution in [0.4, 0.5) is 0 Å². The molecule has 0 aromatic heterocycles. The van der Waals surface area contributed by atoms with Gasteiger partial charge < -0.3 is 24.8 Å². The van der Waals surface area contributed by atoms with Gasteiger partial charge in [-0.3, -0.25) is 0 Å². The van der Waals surface area contributed by atoms with E-state index in [1.165, 1.54) is 27.8 Å². The van der Waals surface area contributed by atoms with E-state index in [0.717, 1.165) is 6.42 Å². The van der Waals surface area contributed by atoms with Crippen molar-refractivity contribution >= 4 is 3.81 Å². The molecule has 0 saturated carbocycles. The monoisotopic (exact) mass is 536 g/mol. The molecular weight excluding hydrogens is 503 g/mol. The Kier molecular flexibility index (Phi) is 9.22. The second-order valence-electron chi connectivity index (χ2n) is 10.2. The van der Waals surface area contributed by atoms with E-state index in [-0.39, 0.29) is 24.8 Å². The molecule has 0 saturated heterocycles. The molecular formula is C32H34Cl2Ti. The number of hydrogen-bond donors (Lipinski definition) is 0.